The Balaban J connectivity index is 2.22. The lowest BCUT2D eigenvalue weighted by Gasteiger charge is -2.01. The van der Waals surface area contributed by atoms with Crippen molar-refractivity contribution in [2.24, 2.45) is 0 Å². The zero-order chi connectivity index (χ0) is 9.68. The van der Waals surface area contributed by atoms with Gasteiger partial charge in [0.1, 0.15) is 0 Å². The summed E-state index contributed by atoms with van der Waals surface area (Å²) in [5.41, 5.74) is 0. The van der Waals surface area contributed by atoms with Gasteiger partial charge in [0.2, 0.25) is 0 Å². The molecule has 0 saturated carbocycles. The lowest BCUT2D eigenvalue weighted by Crippen LogP contribution is -2.33. The number of nitrogens with one attached hydrogen (secondary N) is 1. The number of carbonyl (C=O) groups is 2. The molecule has 13 heavy (non-hydrogen) atoms. The summed E-state index contributed by atoms with van der Waals surface area (Å²) in [6, 6.07) is 1.75. The first-order chi connectivity index (χ1) is 6.20. The van der Waals surface area contributed by atoms with Crippen LogP contribution in [-0.4, -0.2) is 33.3 Å². The van der Waals surface area contributed by atoms with Gasteiger partial charge in [0.15, 0.2) is 0 Å². The van der Waals surface area contributed by atoms with E-state index in [0.29, 0.717) is 6.54 Å². The minimum atomic E-state index is -1.47. The van der Waals surface area contributed by atoms with Crippen molar-refractivity contribution in [2.45, 2.75) is 6.54 Å². The van der Waals surface area contributed by atoms with E-state index in [0.717, 1.165) is 0 Å². The highest BCUT2D eigenvalue weighted by atomic mass is 16.4. The van der Waals surface area contributed by atoms with E-state index in [9.17, 15) is 9.59 Å². The molecular formula is C7H9N3O3. The summed E-state index contributed by atoms with van der Waals surface area (Å²) in [5, 5.41) is 14.3. The van der Waals surface area contributed by atoms with Crippen LogP contribution in [0.4, 0.5) is 0 Å². The number of aliphatic carboxylic acids is 1. The summed E-state index contributed by atoms with van der Waals surface area (Å²) in [5.74, 6) is -2.47. The number of aromatic nitrogens is 2. The Morgan fingerprint density at radius 3 is 2.85 bits per heavy atom. The van der Waals surface area contributed by atoms with Crippen LogP contribution in [0, 0.1) is 0 Å². The second-order valence-electron chi connectivity index (χ2n) is 2.33. The van der Waals surface area contributed by atoms with Crippen LogP contribution in [-0.2, 0) is 16.1 Å². The average molecular weight is 183 g/mol. The van der Waals surface area contributed by atoms with Crippen LogP contribution in [0.15, 0.2) is 18.5 Å². The van der Waals surface area contributed by atoms with E-state index in [1.165, 1.54) is 0 Å². The molecule has 0 fully saturated rings. The van der Waals surface area contributed by atoms with E-state index in [2.05, 4.69) is 10.4 Å². The Bertz CT molecular complexity index is 294. The molecule has 1 rings (SSSR count). The van der Waals surface area contributed by atoms with Gasteiger partial charge >= 0.3 is 11.9 Å². The number of carbonyl (C=O) groups excluding carboxylic acids is 1. The Morgan fingerprint density at radius 2 is 2.31 bits per heavy atom. The van der Waals surface area contributed by atoms with Crippen molar-refractivity contribution >= 4 is 11.9 Å². The summed E-state index contributed by atoms with van der Waals surface area (Å²) in [6.45, 7) is 0.721. The zero-order valence-electron chi connectivity index (χ0n) is 6.80. The second kappa shape index (κ2) is 4.24. The molecule has 0 radical (unpaired) electrons. The predicted octanol–water partition coefficient (Wildman–Crippen LogP) is -0.916. The second-order valence-corrected chi connectivity index (χ2v) is 2.33. The van der Waals surface area contributed by atoms with Crippen LogP contribution < -0.4 is 5.32 Å². The molecule has 0 aliphatic rings. The van der Waals surface area contributed by atoms with E-state index in [4.69, 9.17) is 5.11 Å². The molecule has 1 aromatic rings. The van der Waals surface area contributed by atoms with E-state index in [1.807, 2.05) is 0 Å². The molecule has 0 aliphatic carbocycles. The Hall–Kier alpha value is -1.85. The molecule has 6 nitrogen and oxygen atoms in total. The van der Waals surface area contributed by atoms with Crippen LogP contribution in [0.3, 0.4) is 0 Å². The first-order valence-electron chi connectivity index (χ1n) is 3.68. The van der Waals surface area contributed by atoms with Crippen molar-refractivity contribution in [1.29, 1.82) is 0 Å². The molecule has 1 amide bonds. The van der Waals surface area contributed by atoms with Gasteiger partial charge in [0, 0.05) is 18.9 Å². The molecule has 2 N–H and O–H groups in total. The van der Waals surface area contributed by atoms with Gasteiger partial charge in [-0.1, -0.05) is 0 Å². The van der Waals surface area contributed by atoms with Gasteiger partial charge in [0.05, 0.1) is 6.54 Å². The maximum atomic E-state index is 10.5. The van der Waals surface area contributed by atoms with Crippen molar-refractivity contribution in [3.63, 3.8) is 0 Å². The summed E-state index contributed by atoms with van der Waals surface area (Å²) >= 11 is 0. The standard InChI is InChI=1S/C7H9N3O3/c11-6(7(12)13)8-3-5-10-4-1-2-9-10/h1-2,4H,3,5H2,(H,8,11)(H,12,13). The van der Waals surface area contributed by atoms with Gasteiger partial charge < -0.3 is 10.4 Å². The van der Waals surface area contributed by atoms with Crippen LogP contribution in [0.5, 0.6) is 0 Å². The molecule has 0 aliphatic heterocycles. The molecule has 0 unspecified atom stereocenters. The van der Waals surface area contributed by atoms with Gasteiger partial charge in [-0.05, 0) is 6.07 Å². The quantitative estimate of drug-likeness (QED) is 0.594. The fraction of sp³-hybridized carbons (Fsp3) is 0.286. The number of hydrogen-bond donors (Lipinski definition) is 2. The molecule has 0 spiro atoms. The average Bonchev–Trinajstić information content (AvgIpc) is 2.56. The lowest BCUT2D eigenvalue weighted by molar-refractivity contribution is -0.150. The lowest BCUT2D eigenvalue weighted by atomic mass is 10.5. The Kier molecular flexibility index (Phi) is 3.02. The fourth-order valence-corrected chi connectivity index (χ4v) is 0.792. The van der Waals surface area contributed by atoms with Crippen molar-refractivity contribution in [3.05, 3.63) is 18.5 Å². The Morgan fingerprint density at radius 1 is 1.54 bits per heavy atom. The molecule has 0 atom stereocenters. The van der Waals surface area contributed by atoms with Gasteiger partial charge in [0.25, 0.3) is 0 Å². The van der Waals surface area contributed by atoms with Crippen LogP contribution in [0.25, 0.3) is 0 Å². The number of rotatable bonds is 3. The maximum Gasteiger partial charge on any atom is 0.394 e. The number of carboxylic acids is 1. The maximum absolute atomic E-state index is 10.5. The molecule has 70 valence electrons. The summed E-state index contributed by atoms with van der Waals surface area (Å²) in [7, 11) is 0. The highest BCUT2D eigenvalue weighted by Crippen LogP contribution is 1.82. The molecule has 0 bridgehead atoms. The van der Waals surface area contributed by atoms with E-state index < -0.39 is 11.9 Å². The van der Waals surface area contributed by atoms with Gasteiger partial charge in [-0.25, -0.2) is 4.79 Å². The molecule has 1 aromatic heterocycles. The van der Waals surface area contributed by atoms with Gasteiger partial charge in [-0.15, -0.1) is 0 Å². The van der Waals surface area contributed by atoms with Crippen molar-refractivity contribution in [3.8, 4) is 0 Å². The zero-order valence-corrected chi connectivity index (χ0v) is 6.80. The summed E-state index contributed by atoms with van der Waals surface area (Å²) in [6.07, 6.45) is 3.34. The minimum absolute atomic E-state index is 0.257. The van der Waals surface area contributed by atoms with Crippen molar-refractivity contribution < 1.29 is 14.7 Å². The van der Waals surface area contributed by atoms with E-state index >= 15 is 0 Å². The number of amides is 1. The topological polar surface area (TPSA) is 84.2 Å². The van der Waals surface area contributed by atoms with Crippen LogP contribution in [0.2, 0.25) is 0 Å². The van der Waals surface area contributed by atoms with Crippen molar-refractivity contribution in [2.75, 3.05) is 6.54 Å². The Labute approximate surface area is 74.2 Å². The van der Waals surface area contributed by atoms with Crippen LogP contribution in [0.1, 0.15) is 0 Å². The minimum Gasteiger partial charge on any atom is -0.474 e. The molecule has 0 aromatic carbocycles. The summed E-state index contributed by atoms with van der Waals surface area (Å²) in [4.78, 5) is 20.6. The van der Waals surface area contributed by atoms with Crippen LogP contribution >= 0.6 is 0 Å². The third-order valence-corrected chi connectivity index (χ3v) is 1.38. The summed E-state index contributed by atoms with van der Waals surface area (Å²) < 4.78 is 1.60. The highest BCUT2D eigenvalue weighted by Gasteiger charge is 2.08. The van der Waals surface area contributed by atoms with E-state index in [1.54, 1.807) is 23.1 Å². The first-order valence-corrected chi connectivity index (χ1v) is 3.68. The monoisotopic (exact) mass is 183 g/mol. The SMILES string of the molecule is O=C(O)C(=O)NCCn1cccn1. The first kappa shape index (κ1) is 9.24. The third kappa shape index (κ3) is 2.94. The third-order valence-electron chi connectivity index (χ3n) is 1.38. The molecule has 6 heteroatoms. The smallest absolute Gasteiger partial charge is 0.394 e. The normalized spacial score (nSPS) is 9.54. The fourth-order valence-electron chi connectivity index (χ4n) is 0.792. The van der Waals surface area contributed by atoms with Gasteiger partial charge in [-0.3, -0.25) is 9.48 Å². The molecular weight excluding hydrogens is 174 g/mol. The van der Waals surface area contributed by atoms with Gasteiger partial charge in [-0.2, -0.15) is 5.10 Å². The molecule has 0 saturated heterocycles. The van der Waals surface area contributed by atoms with E-state index in [-0.39, 0.29) is 6.54 Å². The number of carboxylic acid groups (broad SMARTS) is 1. The number of hydrogen-bond acceptors (Lipinski definition) is 3. The largest absolute Gasteiger partial charge is 0.474 e. The number of nitrogens with zero attached hydrogens (tertiary/aromatic N) is 2. The predicted molar refractivity (Wildman–Crippen MR) is 42.9 cm³/mol. The van der Waals surface area contributed by atoms with Crippen molar-refractivity contribution in [1.82, 2.24) is 15.1 Å². The molecule has 1 heterocycles. The highest BCUT2D eigenvalue weighted by molar-refractivity contribution is 6.31.